The average Bonchev–Trinajstić information content (AvgIpc) is 2.87. The van der Waals surface area contributed by atoms with E-state index in [0.717, 1.165) is 31.3 Å². The molecule has 0 fully saturated rings. The molecule has 2 aromatic rings. The molecule has 0 radical (unpaired) electrons. The van der Waals surface area contributed by atoms with E-state index in [0.29, 0.717) is 0 Å². The van der Waals surface area contributed by atoms with Gasteiger partial charge in [0.2, 0.25) is 0 Å². The second kappa shape index (κ2) is 8.04. The number of ether oxygens (including phenoxy) is 1. The minimum Gasteiger partial charge on any atom is -0.383 e. The molecule has 0 amide bonds. The topological polar surface area (TPSA) is 52.0 Å². The molecule has 0 aliphatic heterocycles. The number of hydrogen-bond donors (Lipinski definition) is 1. The molecule has 1 heterocycles. The maximum atomic E-state index is 5.01. The molecule has 1 aromatic heterocycles. The van der Waals surface area contributed by atoms with Crippen LogP contribution < -0.4 is 5.32 Å². The molecule has 20 heavy (non-hydrogen) atoms. The van der Waals surface area contributed by atoms with Crippen LogP contribution in [0, 0.1) is 0 Å². The summed E-state index contributed by atoms with van der Waals surface area (Å²) in [5.41, 5.74) is 1.28. The number of thioether (sulfide) groups is 1. The van der Waals surface area contributed by atoms with Crippen molar-refractivity contribution in [2.75, 3.05) is 20.3 Å². The van der Waals surface area contributed by atoms with Crippen LogP contribution in [0.2, 0.25) is 0 Å². The highest BCUT2D eigenvalue weighted by Gasteiger charge is 2.02. The molecule has 1 N–H and O–H groups in total. The van der Waals surface area contributed by atoms with Crippen LogP contribution in [-0.2, 0) is 24.1 Å². The highest BCUT2D eigenvalue weighted by atomic mass is 32.2. The van der Waals surface area contributed by atoms with E-state index in [4.69, 9.17) is 4.74 Å². The predicted molar refractivity (Wildman–Crippen MR) is 80.6 cm³/mol. The van der Waals surface area contributed by atoms with E-state index in [1.807, 2.05) is 11.6 Å². The molecule has 0 aliphatic rings. The minimum absolute atomic E-state index is 0.737. The third-order valence-electron chi connectivity index (χ3n) is 2.88. The fourth-order valence-corrected chi connectivity index (χ4v) is 2.70. The summed E-state index contributed by atoms with van der Waals surface area (Å²) < 4.78 is 6.96. The molecule has 6 heteroatoms. The maximum Gasteiger partial charge on any atom is 0.142 e. The van der Waals surface area contributed by atoms with E-state index >= 15 is 0 Å². The van der Waals surface area contributed by atoms with Gasteiger partial charge in [-0.2, -0.15) is 0 Å². The summed E-state index contributed by atoms with van der Waals surface area (Å²) >= 11 is 1.77. The van der Waals surface area contributed by atoms with Gasteiger partial charge in [-0.25, -0.2) is 0 Å². The Labute approximate surface area is 123 Å². The Hall–Kier alpha value is -1.37. The lowest BCUT2D eigenvalue weighted by molar-refractivity contribution is 0.199. The van der Waals surface area contributed by atoms with Crippen molar-refractivity contribution in [3.8, 4) is 0 Å². The van der Waals surface area contributed by atoms with Gasteiger partial charge in [0.25, 0.3) is 0 Å². The summed E-state index contributed by atoms with van der Waals surface area (Å²) in [6.45, 7) is 2.47. The number of aryl methyl sites for hydroxylation is 1. The summed E-state index contributed by atoms with van der Waals surface area (Å²) in [6, 6.07) is 8.55. The molecule has 0 saturated heterocycles. The fraction of sp³-hybridized carbons (Fsp3) is 0.429. The SMILES string of the molecule is COCCNCc1cccc(SCc2nncn2C)c1. The Morgan fingerprint density at radius 3 is 3.05 bits per heavy atom. The highest BCUT2D eigenvalue weighted by Crippen LogP contribution is 2.22. The van der Waals surface area contributed by atoms with Gasteiger partial charge in [0.05, 0.1) is 12.4 Å². The van der Waals surface area contributed by atoms with Crippen molar-refractivity contribution in [2.24, 2.45) is 7.05 Å². The van der Waals surface area contributed by atoms with Gasteiger partial charge < -0.3 is 14.6 Å². The van der Waals surface area contributed by atoms with E-state index < -0.39 is 0 Å². The van der Waals surface area contributed by atoms with Gasteiger partial charge in [0.15, 0.2) is 0 Å². The van der Waals surface area contributed by atoms with Crippen LogP contribution in [0.5, 0.6) is 0 Å². The quantitative estimate of drug-likeness (QED) is 0.594. The molecule has 108 valence electrons. The van der Waals surface area contributed by atoms with E-state index in [1.165, 1.54) is 10.5 Å². The molecule has 0 aliphatic carbocycles. The third-order valence-corrected chi connectivity index (χ3v) is 3.87. The van der Waals surface area contributed by atoms with Crippen LogP contribution in [-0.4, -0.2) is 35.0 Å². The zero-order valence-corrected chi connectivity index (χ0v) is 12.7. The van der Waals surface area contributed by atoms with Crippen LogP contribution in [0.3, 0.4) is 0 Å². The smallest absolute Gasteiger partial charge is 0.142 e. The third kappa shape index (κ3) is 4.63. The number of aromatic nitrogens is 3. The first kappa shape index (κ1) is 15.0. The Morgan fingerprint density at radius 2 is 2.30 bits per heavy atom. The van der Waals surface area contributed by atoms with E-state index in [1.54, 1.807) is 25.2 Å². The number of rotatable bonds is 8. The first-order chi connectivity index (χ1) is 9.79. The predicted octanol–water partition coefficient (Wildman–Crippen LogP) is 1.84. The number of hydrogen-bond acceptors (Lipinski definition) is 5. The number of nitrogens with zero attached hydrogens (tertiary/aromatic N) is 3. The Kier molecular flexibility index (Phi) is 6.04. The lowest BCUT2D eigenvalue weighted by Gasteiger charge is -2.06. The van der Waals surface area contributed by atoms with Crippen LogP contribution in [0.1, 0.15) is 11.4 Å². The van der Waals surface area contributed by atoms with E-state index in [2.05, 4.69) is 39.8 Å². The minimum atomic E-state index is 0.737. The molecular weight excluding hydrogens is 272 g/mol. The van der Waals surface area contributed by atoms with Gasteiger partial charge in [-0.1, -0.05) is 12.1 Å². The van der Waals surface area contributed by atoms with Gasteiger partial charge in [0.1, 0.15) is 12.2 Å². The normalized spacial score (nSPS) is 10.9. The van der Waals surface area contributed by atoms with Crippen molar-refractivity contribution in [3.63, 3.8) is 0 Å². The molecule has 0 bridgehead atoms. The summed E-state index contributed by atoms with van der Waals surface area (Å²) in [6.07, 6.45) is 1.73. The second-order valence-electron chi connectivity index (χ2n) is 4.46. The van der Waals surface area contributed by atoms with Gasteiger partial charge in [0, 0.05) is 32.1 Å². The molecular formula is C14H20N4OS. The monoisotopic (exact) mass is 292 g/mol. The Bertz CT molecular complexity index is 529. The van der Waals surface area contributed by atoms with E-state index in [-0.39, 0.29) is 0 Å². The number of methoxy groups -OCH3 is 1. The number of nitrogens with one attached hydrogen (secondary N) is 1. The van der Waals surface area contributed by atoms with Gasteiger partial charge in [-0.15, -0.1) is 22.0 Å². The molecule has 0 atom stereocenters. The second-order valence-corrected chi connectivity index (χ2v) is 5.51. The average molecular weight is 292 g/mol. The largest absolute Gasteiger partial charge is 0.383 e. The van der Waals surface area contributed by atoms with Crippen LogP contribution in [0.15, 0.2) is 35.5 Å². The zero-order valence-electron chi connectivity index (χ0n) is 11.9. The molecule has 1 aromatic carbocycles. The first-order valence-corrected chi connectivity index (χ1v) is 7.52. The number of benzene rings is 1. The van der Waals surface area contributed by atoms with Crippen molar-refractivity contribution in [3.05, 3.63) is 42.0 Å². The van der Waals surface area contributed by atoms with Crippen molar-refractivity contribution < 1.29 is 4.74 Å². The molecule has 2 rings (SSSR count). The summed E-state index contributed by atoms with van der Waals surface area (Å²) in [5.74, 6) is 1.82. The van der Waals surface area contributed by atoms with Crippen molar-refractivity contribution in [2.45, 2.75) is 17.2 Å². The van der Waals surface area contributed by atoms with Crippen LogP contribution in [0.4, 0.5) is 0 Å². The molecule has 0 unspecified atom stereocenters. The van der Waals surface area contributed by atoms with Gasteiger partial charge >= 0.3 is 0 Å². The summed E-state index contributed by atoms with van der Waals surface area (Å²) in [5, 5.41) is 11.3. The van der Waals surface area contributed by atoms with Crippen molar-refractivity contribution >= 4 is 11.8 Å². The zero-order chi connectivity index (χ0) is 14.2. The summed E-state index contributed by atoms with van der Waals surface area (Å²) in [7, 11) is 3.68. The highest BCUT2D eigenvalue weighted by molar-refractivity contribution is 7.98. The molecule has 0 spiro atoms. The first-order valence-electron chi connectivity index (χ1n) is 6.54. The molecule has 5 nitrogen and oxygen atoms in total. The fourth-order valence-electron chi connectivity index (χ4n) is 1.74. The lowest BCUT2D eigenvalue weighted by Crippen LogP contribution is -2.18. The van der Waals surface area contributed by atoms with Gasteiger partial charge in [-0.05, 0) is 17.7 Å². The van der Waals surface area contributed by atoms with Crippen LogP contribution >= 0.6 is 11.8 Å². The standard InChI is InChI=1S/C14H20N4OS/c1-18-11-16-17-14(18)10-20-13-5-3-4-12(8-13)9-15-6-7-19-2/h3-5,8,11,15H,6-7,9-10H2,1-2H3. The Morgan fingerprint density at radius 1 is 1.40 bits per heavy atom. The van der Waals surface area contributed by atoms with Crippen molar-refractivity contribution in [1.29, 1.82) is 0 Å². The molecule has 0 saturated carbocycles. The summed E-state index contributed by atoms with van der Waals surface area (Å²) in [4.78, 5) is 1.25. The van der Waals surface area contributed by atoms with Crippen LogP contribution in [0.25, 0.3) is 0 Å². The van der Waals surface area contributed by atoms with E-state index in [9.17, 15) is 0 Å². The lowest BCUT2D eigenvalue weighted by atomic mass is 10.2. The maximum absolute atomic E-state index is 5.01. The Balaban J connectivity index is 1.84. The van der Waals surface area contributed by atoms with Crippen molar-refractivity contribution in [1.82, 2.24) is 20.1 Å². The van der Waals surface area contributed by atoms with Gasteiger partial charge in [-0.3, -0.25) is 0 Å².